The molecule has 0 fully saturated rings. The number of halogens is 3. The van der Waals surface area contributed by atoms with Gasteiger partial charge in [0.15, 0.2) is 0 Å². The Balaban J connectivity index is 2.61. The van der Waals surface area contributed by atoms with Crippen LogP contribution in [0.5, 0.6) is 0 Å². The van der Waals surface area contributed by atoms with Gasteiger partial charge in [0, 0.05) is 20.3 Å². The summed E-state index contributed by atoms with van der Waals surface area (Å²) >= 11 is 0. The third-order valence-corrected chi connectivity index (χ3v) is 2.01. The zero-order valence-electron chi connectivity index (χ0n) is 9.38. The van der Waals surface area contributed by atoms with Crippen LogP contribution in [0, 0.1) is 0 Å². The molecule has 1 aromatic heterocycles. The summed E-state index contributed by atoms with van der Waals surface area (Å²) in [7, 11) is 3.17. The summed E-state index contributed by atoms with van der Waals surface area (Å²) in [5, 5.41) is 2.63. The molecule has 0 saturated heterocycles. The van der Waals surface area contributed by atoms with Gasteiger partial charge in [-0.3, -0.25) is 4.79 Å². The Hall–Kier alpha value is -1.79. The number of amides is 1. The molecule has 0 aromatic carbocycles. The van der Waals surface area contributed by atoms with Crippen molar-refractivity contribution in [1.29, 1.82) is 0 Å². The van der Waals surface area contributed by atoms with Crippen molar-refractivity contribution in [2.45, 2.75) is 6.18 Å². The van der Waals surface area contributed by atoms with Crippen LogP contribution in [0.2, 0.25) is 0 Å². The van der Waals surface area contributed by atoms with Crippen LogP contribution in [-0.2, 0) is 11.0 Å². The fourth-order valence-electron chi connectivity index (χ4n) is 0.990. The molecule has 7 heteroatoms. The Bertz CT molecular complexity index is 387. The van der Waals surface area contributed by atoms with Gasteiger partial charge in [0.05, 0.1) is 12.1 Å². The third kappa shape index (κ3) is 3.93. The van der Waals surface area contributed by atoms with Crippen molar-refractivity contribution in [3.63, 3.8) is 0 Å². The molecule has 1 aromatic rings. The minimum atomic E-state index is -4.40. The first-order valence-electron chi connectivity index (χ1n) is 4.78. The highest BCUT2D eigenvalue weighted by Gasteiger charge is 2.30. The first-order chi connectivity index (χ1) is 7.80. The van der Waals surface area contributed by atoms with Crippen molar-refractivity contribution in [3.05, 3.63) is 23.9 Å². The molecule has 1 heterocycles. The van der Waals surface area contributed by atoms with Crippen LogP contribution in [0.3, 0.4) is 0 Å². The largest absolute Gasteiger partial charge is 0.417 e. The fourth-order valence-corrected chi connectivity index (χ4v) is 0.990. The van der Waals surface area contributed by atoms with E-state index in [-0.39, 0.29) is 18.3 Å². The first-order valence-corrected chi connectivity index (χ1v) is 4.78. The van der Waals surface area contributed by atoms with Crippen LogP contribution >= 0.6 is 0 Å². The molecule has 0 spiro atoms. The second kappa shape index (κ2) is 5.03. The molecule has 1 rings (SSSR count). The van der Waals surface area contributed by atoms with Gasteiger partial charge in [0.1, 0.15) is 5.82 Å². The van der Waals surface area contributed by atoms with E-state index in [9.17, 15) is 18.0 Å². The van der Waals surface area contributed by atoms with E-state index in [1.54, 1.807) is 14.1 Å². The molecular formula is C10H12F3N3O. The Kier molecular flexibility index (Phi) is 3.93. The SMILES string of the molecule is CN(C)C(=O)CNc1ccc(C(F)(F)F)cn1. The first kappa shape index (κ1) is 13.3. The van der Waals surface area contributed by atoms with Gasteiger partial charge < -0.3 is 10.2 Å². The van der Waals surface area contributed by atoms with E-state index in [1.807, 2.05) is 0 Å². The van der Waals surface area contributed by atoms with E-state index < -0.39 is 11.7 Å². The summed E-state index contributed by atoms with van der Waals surface area (Å²) in [4.78, 5) is 16.1. The predicted octanol–water partition coefficient (Wildman–Crippen LogP) is 1.60. The maximum Gasteiger partial charge on any atom is 0.417 e. The van der Waals surface area contributed by atoms with Gasteiger partial charge in [-0.05, 0) is 12.1 Å². The van der Waals surface area contributed by atoms with E-state index in [0.717, 1.165) is 12.3 Å². The van der Waals surface area contributed by atoms with Gasteiger partial charge in [0.25, 0.3) is 0 Å². The lowest BCUT2D eigenvalue weighted by Crippen LogP contribution is -2.28. The zero-order valence-corrected chi connectivity index (χ0v) is 9.38. The van der Waals surface area contributed by atoms with Crippen molar-refractivity contribution in [1.82, 2.24) is 9.88 Å². The average molecular weight is 247 g/mol. The van der Waals surface area contributed by atoms with Crippen molar-refractivity contribution in [3.8, 4) is 0 Å². The lowest BCUT2D eigenvalue weighted by molar-refractivity contribution is -0.137. The van der Waals surface area contributed by atoms with E-state index >= 15 is 0 Å². The van der Waals surface area contributed by atoms with Gasteiger partial charge in [-0.15, -0.1) is 0 Å². The Morgan fingerprint density at radius 1 is 1.41 bits per heavy atom. The van der Waals surface area contributed by atoms with Crippen molar-refractivity contribution < 1.29 is 18.0 Å². The van der Waals surface area contributed by atoms with Gasteiger partial charge >= 0.3 is 6.18 Å². The molecule has 1 amide bonds. The highest BCUT2D eigenvalue weighted by atomic mass is 19.4. The number of pyridine rings is 1. The summed E-state index contributed by atoms with van der Waals surface area (Å²) in [5.41, 5.74) is -0.818. The van der Waals surface area contributed by atoms with Crippen LogP contribution in [-0.4, -0.2) is 36.4 Å². The number of aromatic nitrogens is 1. The molecule has 1 N–H and O–H groups in total. The van der Waals surface area contributed by atoms with Gasteiger partial charge in [-0.1, -0.05) is 0 Å². The Morgan fingerprint density at radius 3 is 2.47 bits per heavy atom. The average Bonchev–Trinajstić information content (AvgIpc) is 2.25. The molecule has 0 aliphatic rings. The lowest BCUT2D eigenvalue weighted by Gasteiger charge is -2.11. The maximum atomic E-state index is 12.2. The zero-order chi connectivity index (χ0) is 13.1. The smallest absolute Gasteiger partial charge is 0.361 e. The second-order valence-electron chi connectivity index (χ2n) is 3.57. The Morgan fingerprint density at radius 2 is 2.06 bits per heavy atom. The number of carbonyl (C=O) groups excluding carboxylic acids is 1. The topological polar surface area (TPSA) is 45.2 Å². The van der Waals surface area contributed by atoms with Crippen molar-refractivity contribution in [2.24, 2.45) is 0 Å². The third-order valence-electron chi connectivity index (χ3n) is 2.01. The Labute approximate surface area is 96.4 Å². The van der Waals surface area contributed by atoms with E-state index in [2.05, 4.69) is 10.3 Å². The predicted molar refractivity (Wildman–Crippen MR) is 56.4 cm³/mol. The molecular weight excluding hydrogens is 235 g/mol. The number of nitrogens with zero attached hydrogens (tertiary/aromatic N) is 2. The van der Waals surface area contributed by atoms with Crippen LogP contribution in [0.4, 0.5) is 19.0 Å². The molecule has 0 atom stereocenters. The second-order valence-corrected chi connectivity index (χ2v) is 3.57. The number of nitrogens with one attached hydrogen (secondary N) is 1. The van der Waals surface area contributed by atoms with E-state index in [0.29, 0.717) is 0 Å². The molecule has 94 valence electrons. The molecule has 0 aliphatic heterocycles. The number of hydrogen-bond acceptors (Lipinski definition) is 3. The van der Waals surface area contributed by atoms with Crippen LogP contribution in [0.1, 0.15) is 5.56 Å². The van der Waals surface area contributed by atoms with E-state index in [4.69, 9.17) is 0 Å². The number of likely N-dealkylation sites (N-methyl/N-ethyl adjacent to an activating group) is 1. The lowest BCUT2D eigenvalue weighted by atomic mass is 10.3. The van der Waals surface area contributed by atoms with Gasteiger partial charge in [0.2, 0.25) is 5.91 Å². The fraction of sp³-hybridized carbons (Fsp3) is 0.400. The molecule has 0 radical (unpaired) electrons. The summed E-state index contributed by atoms with van der Waals surface area (Å²) in [6.45, 7) is -0.00857. The highest BCUT2D eigenvalue weighted by molar-refractivity contribution is 5.79. The van der Waals surface area contributed by atoms with Gasteiger partial charge in [-0.25, -0.2) is 4.98 Å². The van der Waals surface area contributed by atoms with Gasteiger partial charge in [-0.2, -0.15) is 13.2 Å². The molecule has 0 saturated carbocycles. The minimum absolute atomic E-state index is 0.00857. The molecule has 0 bridgehead atoms. The molecule has 4 nitrogen and oxygen atoms in total. The van der Waals surface area contributed by atoms with Crippen LogP contribution in [0.15, 0.2) is 18.3 Å². The summed E-state index contributed by atoms with van der Waals surface area (Å²) in [5.74, 6) is 0.0416. The highest BCUT2D eigenvalue weighted by Crippen LogP contribution is 2.28. The summed E-state index contributed by atoms with van der Waals surface area (Å²) < 4.78 is 36.7. The maximum absolute atomic E-state index is 12.2. The number of alkyl halides is 3. The number of hydrogen-bond donors (Lipinski definition) is 1. The van der Waals surface area contributed by atoms with Crippen molar-refractivity contribution >= 4 is 11.7 Å². The van der Waals surface area contributed by atoms with E-state index in [1.165, 1.54) is 11.0 Å². The molecule has 0 unspecified atom stereocenters. The van der Waals surface area contributed by atoms with Crippen LogP contribution in [0.25, 0.3) is 0 Å². The van der Waals surface area contributed by atoms with Crippen molar-refractivity contribution in [2.75, 3.05) is 26.0 Å². The molecule has 17 heavy (non-hydrogen) atoms. The number of anilines is 1. The normalized spacial score (nSPS) is 11.1. The molecule has 0 aliphatic carbocycles. The number of carbonyl (C=O) groups is 1. The number of rotatable bonds is 3. The standard InChI is InChI=1S/C10H12F3N3O/c1-16(2)9(17)6-15-8-4-3-7(5-14-8)10(11,12)13/h3-5H,6H2,1-2H3,(H,14,15). The monoisotopic (exact) mass is 247 g/mol. The minimum Gasteiger partial charge on any atom is -0.361 e. The van der Waals surface area contributed by atoms with Crippen LogP contribution < -0.4 is 5.32 Å². The summed E-state index contributed by atoms with van der Waals surface area (Å²) in [6.07, 6.45) is -3.67. The summed E-state index contributed by atoms with van der Waals surface area (Å²) in [6, 6.07) is 2.10. The quantitative estimate of drug-likeness (QED) is 0.882.